The van der Waals surface area contributed by atoms with E-state index in [1.54, 1.807) is 6.08 Å². The van der Waals surface area contributed by atoms with Crippen molar-refractivity contribution in [3.8, 4) is 0 Å². The maximum Gasteiger partial charge on any atom is 0.330 e. The van der Waals surface area contributed by atoms with E-state index in [-0.39, 0.29) is 22.8 Å². The number of ether oxygens (including phenoxy) is 2. The largest absolute Gasteiger partial charge is 0.466 e. The summed E-state index contributed by atoms with van der Waals surface area (Å²) >= 11 is 0. The van der Waals surface area contributed by atoms with Crippen LogP contribution in [0.15, 0.2) is 36.0 Å². The molecule has 0 N–H and O–H groups in total. The number of allylic oxidation sites excluding steroid dienone is 4. The molecular formula is C23H34O4. The SMILES string of the molecule is C=C1C=CC2C(C)(COC(C)=O)CCCC2(C)C1CCC(C)=CC(=O)OC. The Bertz CT molecular complexity index is 659. The van der Waals surface area contributed by atoms with Crippen LogP contribution in [0.4, 0.5) is 0 Å². The summed E-state index contributed by atoms with van der Waals surface area (Å²) in [5.41, 5.74) is 2.23. The first-order valence-corrected chi connectivity index (χ1v) is 9.88. The molecule has 0 aromatic rings. The molecule has 1 saturated carbocycles. The summed E-state index contributed by atoms with van der Waals surface area (Å²) in [6, 6.07) is 0. The molecule has 2 aliphatic carbocycles. The highest BCUT2D eigenvalue weighted by Crippen LogP contribution is 2.59. The van der Waals surface area contributed by atoms with Gasteiger partial charge in [0.1, 0.15) is 0 Å². The summed E-state index contributed by atoms with van der Waals surface area (Å²) in [7, 11) is 1.40. The van der Waals surface area contributed by atoms with Gasteiger partial charge in [-0.15, -0.1) is 0 Å². The molecule has 0 heterocycles. The summed E-state index contributed by atoms with van der Waals surface area (Å²) < 4.78 is 10.2. The van der Waals surface area contributed by atoms with Crippen molar-refractivity contribution >= 4 is 11.9 Å². The van der Waals surface area contributed by atoms with Crippen molar-refractivity contribution in [1.29, 1.82) is 0 Å². The number of carbonyl (C=O) groups excluding carboxylic acids is 2. The fourth-order valence-electron chi connectivity index (χ4n) is 5.23. The third-order valence-corrected chi connectivity index (χ3v) is 6.67. The Hall–Kier alpha value is -1.84. The number of hydrogen-bond donors (Lipinski definition) is 0. The van der Waals surface area contributed by atoms with Crippen molar-refractivity contribution in [2.45, 2.75) is 59.8 Å². The van der Waals surface area contributed by atoms with E-state index in [4.69, 9.17) is 9.47 Å². The summed E-state index contributed by atoms with van der Waals surface area (Å²) in [5, 5.41) is 0. The van der Waals surface area contributed by atoms with Crippen molar-refractivity contribution in [1.82, 2.24) is 0 Å². The van der Waals surface area contributed by atoms with E-state index >= 15 is 0 Å². The third-order valence-electron chi connectivity index (χ3n) is 6.67. The second-order valence-corrected chi connectivity index (χ2v) is 8.81. The van der Waals surface area contributed by atoms with Crippen molar-refractivity contribution in [3.05, 3.63) is 36.0 Å². The molecule has 0 aromatic heterocycles. The first-order chi connectivity index (χ1) is 12.6. The Kier molecular flexibility index (Phi) is 6.72. The van der Waals surface area contributed by atoms with Crippen LogP contribution in [0.1, 0.15) is 59.8 Å². The number of methoxy groups -OCH3 is 1. The number of carbonyl (C=O) groups is 2. The number of fused-ring (bicyclic) bond motifs is 1. The average Bonchev–Trinajstić information content (AvgIpc) is 2.59. The fraction of sp³-hybridized carbons (Fsp3) is 0.652. The van der Waals surface area contributed by atoms with Gasteiger partial charge in [0.2, 0.25) is 0 Å². The van der Waals surface area contributed by atoms with E-state index < -0.39 is 0 Å². The molecule has 0 aromatic carbocycles. The number of esters is 2. The van der Waals surface area contributed by atoms with Gasteiger partial charge in [-0.05, 0) is 49.9 Å². The quantitative estimate of drug-likeness (QED) is 0.485. The first-order valence-electron chi connectivity index (χ1n) is 9.88. The lowest BCUT2D eigenvalue weighted by Gasteiger charge is -2.56. The third kappa shape index (κ3) is 4.72. The zero-order valence-electron chi connectivity index (χ0n) is 17.5. The molecule has 150 valence electrons. The zero-order valence-corrected chi connectivity index (χ0v) is 17.5. The molecule has 0 amide bonds. The van der Waals surface area contributed by atoms with Gasteiger partial charge in [0.25, 0.3) is 0 Å². The van der Waals surface area contributed by atoms with E-state index in [0.29, 0.717) is 18.4 Å². The second kappa shape index (κ2) is 8.45. The molecule has 0 bridgehead atoms. The molecule has 4 unspecified atom stereocenters. The van der Waals surface area contributed by atoms with Gasteiger partial charge in [-0.3, -0.25) is 4.79 Å². The van der Waals surface area contributed by atoms with Crippen LogP contribution >= 0.6 is 0 Å². The summed E-state index contributed by atoms with van der Waals surface area (Å²) in [4.78, 5) is 22.8. The van der Waals surface area contributed by atoms with Gasteiger partial charge in [0.15, 0.2) is 0 Å². The average molecular weight is 375 g/mol. The molecule has 0 spiro atoms. The highest BCUT2D eigenvalue weighted by molar-refractivity contribution is 5.82. The van der Waals surface area contributed by atoms with Gasteiger partial charge in [0, 0.05) is 18.4 Å². The Morgan fingerprint density at radius 1 is 1.30 bits per heavy atom. The Labute approximate surface area is 163 Å². The molecule has 0 radical (unpaired) electrons. The van der Waals surface area contributed by atoms with Crippen LogP contribution in [0.3, 0.4) is 0 Å². The van der Waals surface area contributed by atoms with Crippen LogP contribution in [0.5, 0.6) is 0 Å². The lowest BCUT2D eigenvalue weighted by molar-refractivity contribution is -0.149. The summed E-state index contributed by atoms with van der Waals surface area (Å²) in [6.07, 6.45) is 11.2. The van der Waals surface area contributed by atoms with Gasteiger partial charge < -0.3 is 9.47 Å². The topological polar surface area (TPSA) is 52.6 Å². The van der Waals surface area contributed by atoms with Crippen molar-refractivity contribution < 1.29 is 19.1 Å². The van der Waals surface area contributed by atoms with Crippen LogP contribution in [0, 0.1) is 22.7 Å². The van der Waals surface area contributed by atoms with E-state index in [9.17, 15) is 9.59 Å². The zero-order chi connectivity index (χ0) is 20.2. The normalized spacial score (nSPS) is 33.4. The molecule has 4 atom stereocenters. The molecule has 2 aliphatic rings. The Morgan fingerprint density at radius 3 is 2.63 bits per heavy atom. The monoisotopic (exact) mass is 374 g/mol. The van der Waals surface area contributed by atoms with Crippen LogP contribution in [0.2, 0.25) is 0 Å². The minimum atomic E-state index is -0.300. The van der Waals surface area contributed by atoms with Gasteiger partial charge >= 0.3 is 11.9 Å². The smallest absolute Gasteiger partial charge is 0.330 e. The highest BCUT2D eigenvalue weighted by atomic mass is 16.5. The van der Waals surface area contributed by atoms with Crippen molar-refractivity contribution in [3.63, 3.8) is 0 Å². The predicted molar refractivity (Wildman–Crippen MR) is 107 cm³/mol. The predicted octanol–water partition coefficient (Wildman–Crippen LogP) is 5.00. The summed E-state index contributed by atoms with van der Waals surface area (Å²) in [5.74, 6) is 0.183. The van der Waals surface area contributed by atoms with E-state index in [1.165, 1.54) is 14.0 Å². The lowest BCUT2D eigenvalue weighted by Crippen LogP contribution is -2.50. The molecule has 2 rings (SSSR count). The van der Waals surface area contributed by atoms with E-state index in [0.717, 1.165) is 43.3 Å². The molecule has 4 heteroatoms. The van der Waals surface area contributed by atoms with Gasteiger partial charge in [0.05, 0.1) is 13.7 Å². The number of hydrogen-bond acceptors (Lipinski definition) is 4. The van der Waals surface area contributed by atoms with E-state index in [2.05, 4.69) is 32.6 Å². The highest BCUT2D eigenvalue weighted by Gasteiger charge is 2.53. The maximum atomic E-state index is 11.5. The van der Waals surface area contributed by atoms with Crippen LogP contribution < -0.4 is 0 Å². The van der Waals surface area contributed by atoms with Crippen LogP contribution in [-0.4, -0.2) is 25.7 Å². The minimum absolute atomic E-state index is 0.0506. The Balaban J connectivity index is 2.21. The molecule has 0 saturated heterocycles. The van der Waals surface area contributed by atoms with Crippen molar-refractivity contribution in [2.75, 3.05) is 13.7 Å². The minimum Gasteiger partial charge on any atom is -0.466 e. The van der Waals surface area contributed by atoms with Crippen LogP contribution in [0.25, 0.3) is 0 Å². The maximum absolute atomic E-state index is 11.5. The molecule has 0 aliphatic heterocycles. The molecular weight excluding hydrogens is 340 g/mol. The van der Waals surface area contributed by atoms with Gasteiger partial charge in [-0.25, -0.2) is 4.79 Å². The molecule has 4 nitrogen and oxygen atoms in total. The fourth-order valence-corrected chi connectivity index (χ4v) is 5.23. The first kappa shape index (κ1) is 21.5. The van der Waals surface area contributed by atoms with Gasteiger partial charge in [-0.1, -0.05) is 50.1 Å². The molecule has 27 heavy (non-hydrogen) atoms. The summed E-state index contributed by atoms with van der Waals surface area (Å²) in [6.45, 7) is 12.9. The second-order valence-electron chi connectivity index (χ2n) is 8.81. The van der Waals surface area contributed by atoms with Crippen LogP contribution in [-0.2, 0) is 19.1 Å². The molecule has 1 fully saturated rings. The van der Waals surface area contributed by atoms with Gasteiger partial charge in [-0.2, -0.15) is 0 Å². The van der Waals surface area contributed by atoms with E-state index in [1.807, 2.05) is 6.92 Å². The lowest BCUT2D eigenvalue weighted by atomic mass is 9.48. The standard InChI is InChI=1S/C23H34O4/c1-16(14-21(25)26-6)8-10-19-17(2)9-11-20-22(4,15-27-18(3)24)12-7-13-23(19,20)5/h9,11,14,19-20H,2,7-8,10,12-13,15H2,1,3-6H3. The number of rotatable bonds is 6. The Morgan fingerprint density at radius 2 is 2.00 bits per heavy atom. The van der Waals surface area contributed by atoms with Crippen molar-refractivity contribution in [2.24, 2.45) is 22.7 Å².